The van der Waals surface area contributed by atoms with Gasteiger partial charge in [-0.1, -0.05) is 54.9 Å². The Kier molecular flexibility index (Phi) is 5.90. The first-order valence-corrected chi connectivity index (χ1v) is 14.9. The molecule has 0 amide bonds. The fourth-order valence-electron chi connectivity index (χ4n) is 12.4. The van der Waals surface area contributed by atoms with E-state index in [0.29, 0.717) is 39.6 Å². The fraction of sp³-hybridized carbons (Fsp3) is 0.969. The van der Waals surface area contributed by atoms with Crippen molar-refractivity contribution in [2.45, 2.75) is 126 Å². The minimum absolute atomic E-state index is 0.120. The van der Waals surface area contributed by atoms with Crippen molar-refractivity contribution in [1.82, 2.24) is 0 Å². The molecular weight excluding hydrogens is 416 g/mol. The SMILES string of the molecule is CC(=O)OC[C@H](C)[C@H]1CC[C@]2(C)[C@H]3CC[C@@H]4[C@@]5(C)CCCC(C)(C)[C@H]5CC[C@@]4(C)[C@]3(C)CC[C@@H]12. The molecule has 194 valence electrons. The third-order valence-corrected chi connectivity index (χ3v) is 14.0. The Bertz CT molecular complexity index is 816. The molecule has 0 heterocycles. The number of hydrogen-bond acceptors (Lipinski definition) is 2. The first-order valence-electron chi connectivity index (χ1n) is 14.9. The van der Waals surface area contributed by atoms with Gasteiger partial charge in [-0.3, -0.25) is 4.79 Å². The molecule has 0 unspecified atom stereocenters. The second kappa shape index (κ2) is 7.98. The van der Waals surface area contributed by atoms with Crippen molar-refractivity contribution in [3.05, 3.63) is 0 Å². The van der Waals surface area contributed by atoms with Gasteiger partial charge in [-0.2, -0.15) is 0 Å². The van der Waals surface area contributed by atoms with Gasteiger partial charge in [-0.05, 0) is 127 Å². The molecule has 5 aliphatic carbocycles. The van der Waals surface area contributed by atoms with Gasteiger partial charge in [0.1, 0.15) is 0 Å². The number of hydrogen-bond donors (Lipinski definition) is 0. The molecule has 2 nitrogen and oxygen atoms in total. The van der Waals surface area contributed by atoms with Crippen molar-refractivity contribution in [2.75, 3.05) is 6.61 Å². The number of carbonyl (C=O) groups is 1. The third kappa shape index (κ3) is 3.27. The third-order valence-electron chi connectivity index (χ3n) is 14.0. The molecule has 0 spiro atoms. The highest BCUT2D eigenvalue weighted by atomic mass is 16.5. The average Bonchev–Trinajstić information content (AvgIpc) is 3.09. The summed E-state index contributed by atoms with van der Waals surface area (Å²) in [6.45, 7) is 20.7. The molecule has 0 bridgehead atoms. The lowest BCUT2D eigenvalue weighted by Gasteiger charge is -2.73. The summed E-state index contributed by atoms with van der Waals surface area (Å²) in [5.41, 5.74) is 2.50. The summed E-state index contributed by atoms with van der Waals surface area (Å²) in [5.74, 6) is 4.60. The Hall–Kier alpha value is -0.530. The summed E-state index contributed by atoms with van der Waals surface area (Å²) < 4.78 is 5.48. The molecule has 5 fully saturated rings. The second-order valence-electron chi connectivity index (χ2n) is 15.6. The van der Waals surface area contributed by atoms with E-state index in [9.17, 15) is 4.79 Å². The fourth-order valence-corrected chi connectivity index (χ4v) is 12.4. The summed E-state index contributed by atoms with van der Waals surface area (Å²) in [7, 11) is 0. The van der Waals surface area contributed by atoms with Gasteiger partial charge in [0.25, 0.3) is 0 Å². The van der Waals surface area contributed by atoms with Crippen molar-refractivity contribution >= 4 is 5.97 Å². The van der Waals surface area contributed by atoms with Crippen LogP contribution in [0.1, 0.15) is 126 Å². The van der Waals surface area contributed by atoms with Gasteiger partial charge in [-0.15, -0.1) is 0 Å². The summed E-state index contributed by atoms with van der Waals surface area (Å²) >= 11 is 0. The number of ether oxygens (including phenoxy) is 1. The smallest absolute Gasteiger partial charge is 0.302 e. The molecule has 0 radical (unpaired) electrons. The molecule has 5 saturated carbocycles. The van der Waals surface area contributed by atoms with Gasteiger partial charge < -0.3 is 4.74 Å². The minimum Gasteiger partial charge on any atom is -0.466 e. The highest BCUT2D eigenvalue weighted by Crippen LogP contribution is 2.78. The molecule has 5 rings (SSSR count). The van der Waals surface area contributed by atoms with Gasteiger partial charge in [-0.25, -0.2) is 0 Å². The largest absolute Gasteiger partial charge is 0.466 e. The molecule has 10 atom stereocenters. The van der Waals surface area contributed by atoms with E-state index in [1.54, 1.807) is 6.92 Å². The highest BCUT2D eigenvalue weighted by Gasteiger charge is 2.70. The van der Waals surface area contributed by atoms with Crippen molar-refractivity contribution < 1.29 is 9.53 Å². The zero-order valence-corrected chi connectivity index (χ0v) is 23.8. The number of esters is 1. The molecule has 5 aliphatic rings. The molecule has 0 aromatic carbocycles. The maximum atomic E-state index is 11.5. The van der Waals surface area contributed by atoms with Gasteiger partial charge in [0, 0.05) is 6.92 Å². The van der Waals surface area contributed by atoms with E-state index in [1.165, 1.54) is 70.6 Å². The van der Waals surface area contributed by atoms with E-state index in [1.807, 2.05) is 0 Å². The minimum atomic E-state index is -0.120. The van der Waals surface area contributed by atoms with Crippen molar-refractivity contribution in [1.29, 1.82) is 0 Å². The van der Waals surface area contributed by atoms with Gasteiger partial charge in [0.15, 0.2) is 0 Å². The van der Waals surface area contributed by atoms with E-state index in [4.69, 9.17) is 4.74 Å². The molecule has 34 heavy (non-hydrogen) atoms. The Morgan fingerprint density at radius 1 is 0.765 bits per heavy atom. The highest BCUT2D eigenvalue weighted by molar-refractivity contribution is 5.65. The van der Waals surface area contributed by atoms with Crippen LogP contribution in [0.5, 0.6) is 0 Å². The van der Waals surface area contributed by atoms with Crippen LogP contribution in [-0.4, -0.2) is 12.6 Å². The summed E-state index contributed by atoms with van der Waals surface area (Å²) in [6, 6.07) is 0. The van der Waals surface area contributed by atoms with Crippen LogP contribution in [0.2, 0.25) is 0 Å². The van der Waals surface area contributed by atoms with Crippen LogP contribution in [0.4, 0.5) is 0 Å². The van der Waals surface area contributed by atoms with E-state index in [0.717, 1.165) is 29.6 Å². The lowest BCUT2D eigenvalue weighted by molar-refractivity contribution is -0.241. The predicted octanol–water partition coefficient (Wildman–Crippen LogP) is 8.68. The topological polar surface area (TPSA) is 26.3 Å². The van der Waals surface area contributed by atoms with Crippen molar-refractivity contribution in [3.63, 3.8) is 0 Å². The van der Waals surface area contributed by atoms with Crippen LogP contribution in [0.3, 0.4) is 0 Å². The van der Waals surface area contributed by atoms with Gasteiger partial charge >= 0.3 is 5.97 Å². The second-order valence-corrected chi connectivity index (χ2v) is 15.6. The molecule has 0 N–H and O–H groups in total. The van der Waals surface area contributed by atoms with Crippen LogP contribution >= 0.6 is 0 Å². The average molecular weight is 471 g/mol. The van der Waals surface area contributed by atoms with Crippen LogP contribution in [-0.2, 0) is 9.53 Å². The van der Waals surface area contributed by atoms with E-state index in [2.05, 4.69) is 48.5 Å². The lowest BCUT2D eigenvalue weighted by atomic mass is 9.32. The standard InChI is InChI=1S/C32H54O2/c1-21(20-34-22(2)33)23-12-17-29(5)24(23)13-18-31(7)26(29)10-11-27-30(6)16-9-15-28(3,4)25(30)14-19-32(27,31)8/h21,23-27H,9-20H2,1-8H3/t21-,23+,24-,25+,26+,27+,29-,30-,31+,32+/m0/s1. The predicted molar refractivity (Wildman–Crippen MR) is 140 cm³/mol. The molecule has 2 heteroatoms. The molecule has 0 aliphatic heterocycles. The summed E-state index contributed by atoms with van der Waals surface area (Å²) in [5, 5.41) is 0. The maximum absolute atomic E-state index is 11.5. The van der Waals surface area contributed by atoms with Crippen molar-refractivity contribution in [2.24, 2.45) is 62.6 Å². The number of rotatable bonds is 3. The Balaban J connectivity index is 1.43. The van der Waals surface area contributed by atoms with Crippen molar-refractivity contribution in [3.8, 4) is 0 Å². The van der Waals surface area contributed by atoms with E-state index >= 15 is 0 Å². The Morgan fingerprint density at radius 2 is 1.38 bits per heavy atom. The Labute approximate surface area is 210 Å². The summed E-state index contributed by atoms with van der Waals surface area (Å²) in [6.07, 6.45) is 15.7. The normalized spacial score (nSPS) is 52.5. The monoisotopic (exact) mass is 470 g/mol. The Morgan fingerprint density at radius 3 is 2.03 bits per heavy atom. The first-order chi connectivity index (χ1) is 15.8. The number of carbonyl (C=O) groups excluding carboxylic acids is 1. The molecule has 0 saturated heterocycles. The zero-order chi connectivity index (χ0) is 24.7. The number of fused-ring (bicyclic) bond motifs is 7. The quantitative estimate of drug-likeness (QED) is 0.386. The molecule has 0 aromatic rings. The molecule has 0 aromatic heterocycles. The first kappa shape index (κ1) is 25.1. The van der Waals surface area contributed by atoms with Gasteiger partial charge in [0.2, 0.25) is 0 Å². The van der Waals surface area contributed by atoms with Crippen LogP contribution in [0.15, 0.2) is 0 Å². The molecular formula is C32H54O2. The van der Waals surface area contributed by atoms with Crippen LogP contribution < -0.4 is 0 Å². The lowest BCUT2D eigenvalue weighted by Crippen LogP contribution is -2.65. The summed E-state index contributed by atoms with van der Waals surface area (Å²) in [4.78, 5) is 11.5. The van der Waals surface area contributed by atoms with Gasteiger partial charge in [0.05, 0.1) is 6.61 Å². The van der Waals surface area contributed by atoms with Crippen LogP contribution in [0.25, 0.3) is 0 Å². The van der Waals surface area contributed by atoms with Crippen LogP contribution in [0, 0.1) is 62.6 Å². The van der Waals surface area contributed by atoms with E-state index in [-0.39, 0.29) is 5.97 Å². The zero-order valence-electron chi connectivity index (χ0n) is 23.8. The van der Waals surface area contributed by atoms with E-state index < -0.39 is 0 Å². The maximum Gasteiger partial charge on any atom is 0.302 e.